The minimum atomic E-state index is -3.21. The zero-order chi connectivity index (χ0) is 28.4. The molecule has 3 heterocycles. The first-order valence-electron chi connectivity index (χ1n) is 15.3. The molecule has 4 aliphatic rings. The molecule has 1 aromatic carbocycles. The van der Waals surface area contributed by atoms with Gasteiger partial charge in [0, 0.05) is 37.1 Å². The van der Waals surface area contributed by atoms with Gasteiger partial charge in [-0.05, 0) is 94.7 Å². The number of carbonyl (C=O) groups excluding carboxylic acids is 1. The molecule has 1 aliphatic carbocycles. The molecule has 2 bridgehead atoms. The van der Waals surface area contributed by atoms with Crippen LogP contribution in [0.25, 0.3) is 0 Å². The molecular formula is C30H47FN4O4S. The van der Waals surface area contributed by atoms with E-state index < -0.39 is 16.1 Å². The van der Waals surface area contributed by atoms with Gasteiger partial charge >= 0.3 is 0 Å². The second-order valence-electron chi connectivity index (χ2n) is 12.8. The number of benzene rings is 1. The Morgan fingerprint density at radius 3 is 2.58 bits per heavy atom. The van der Waals surface area contributed by atoms with Gasteiger partial charge in [-0.1, -0.05) is 18.6 Å². The number of fused-ring (bicyclic) bond motifs is 2. The zero-order valence-corrected chi connectivity index (χ0v) is 24.8. The van der Waals surface area contributed by atoms with E-state index in [1.165, 1.54) is 12.1 Å². The molecule has 3 saturated heterocycles. The number of nitrogens with two attached hydrogens (primary N) is 1. The first kappa shape index (κ1) is 29.9. The Bertz CT molecular complexity index is 1110. The zero-order valence-electron chi connectivity index (χ0n) is 23.9. The van der Waals surface area contributed by atoms with Crippen molar-refractivity contribution in [1.29, 1.82) is 0 Å². The second-order valence-corrected chi connectivity index (χ2v) is 14.8. The Balaban J connectivity index is 1.24. The van der Waals surface area contributed by atoms with E-state index in [1.807, 2.05) is 0 Å². The van der Waals surface area contributed by atoms with Gasteiger partial charge in [-0.25, -0.2) is 12.8 Å². The van der Waals surface area contributed by atoms with Crippen molar-refractivity contribution in [3.63, 3.8) is 0 Å². The van der Waals surface area contributed by atoms with E-state index in [-0.39, 0.29) is 59.6 Å². The standard InChI is InChI=1S/C30H47FN4O4S/c1-19-15-23(16-20(2)39-19)28(22-8-11-24(31)12-9-22)29(32)30(36)34-27-7-3-5-21(27)10-13-26-17-33-25-6-4-14-40(37,38)35(26)18-25/h8-9,11-12,19-21,23,25-29,33H,3-7,10,13-18,32H2,1-2H3,(H,34,36)/t19-,20+,21-,23?,25-,26+,27+,28+,29+/m1/s1. The third-order valence-electron chi connectivity index (χ3n) is 9.81. The summed E-state index contributed by atoms with van der Waals surface area (Å²) in [6.45, 7) is 5.37. The van der Waals surface area contributed by atoms with Gasteiger partial charge in [-0.3, -0.25) is 4.79 Å². The Kier molecular flexibility index (Phi) is 9.51. The van der Waals surface area contributed by atoms with E-state index in [4.69, 9.17) is 10.5 Å². The van der Waals surface area contributed by atoms with E-state index in [1.54, 1.807) is 16.4 Å². The van der Waals surface area contributed by atoms with Crippen LogP contribution in [0.1, 0.15) is 83.1 Å². The fourth-order valence-corrected chi connectivity index (χ4v) is 9.68. The molecule has 40 heavy (non-hydrogen) atoms. The summed E-state index contributed by atoms with van der Waals surface area (Å²) in [6, 6.07) is 5.91. The van der Waals surface area contributed by atoms with Crippen molar-refractivity contribution in [3.8, 4) is 0 Å². The normalized spacial score (nSPS) is 37.3. The average molecular weight is 579 g/mol. The maximum Gasteiger partial charge on any atom is 0.237 e. The Morgan fingerprint density at radius 1 is 1.12 bits per heavy atom. The molecule has 0 spiro atoms. The Morgan fingerprint density at radius 2 is 1.85 bits per heavy atom. The molecule has 224 valence electrons. The number of nitrogens with zero attached hydrogens (tertiary/aromatic N) is 1. The smallest absolute Gasteiger partial charge is 0.237 e. The molecule has 2 unspecified atom stereocenters. The lowest BCUT2D eigenvalue weighted by Gasteiger charge is -2.39. The van der Waals surface area contributed by atoms with Crippen molar-refractivity contribution in [1.82, 2.24) is 14.9 Å². The maximum atomic E-state index is 13.8. The van der Waals surface area contributed by atoms with Crippen LogP contribution < -0.4 is 16.4 Å². The van der Waals surface area contributed by atoms with Crippen molar-refractivity contribution in [3.05, 3.63) is 35.6 Å². The molecule has 4 N–H and O–H groups in total. The topological polar surface area (TPSA) is 114 Å². The molecule has 8 nitrogen and oxygen atoms in total. The van der Waals surface area contributed by atoms with E-state index in [9.17, 15) is 17.6 Å². The number of sulfonamides is 1. The van der Waals surface area contributed by atoms with Gasteiger partial charge < -0.3 is 21.1 Å². The highest BCUT2D eigenvalue weighted by Gasteiger charge is 2.41. The van der Waals surface area contributed by atoms with Gasteiger partial charge in [0.05, 0.1) is 24.0 Å². The molecule has 0 radical (unpaired) electrons. The van der Waals surface area contributed by atoms with Crippen LogP contribution in [-0.4, -0.2) is 73.8 Å². The number of ether oxygens (including phenoxy) is 1. The Hall–Kier alpha value is -1.59. The summed E-state index contributed by atoms with van der Waals surface area (Å²) in [6.07, 6.45) is 7.99. The van der Waals surface area contributed by atoms with Crippen LogP contribution in [0.15, 0.2) is 24.3 Å². The molecule has 1 amide bonds. The third kappa shape index (κ3) is 6.89. The summed E-state index contributed by atoms with van der Waals surface area (Å²) >= 11 is 0. The van der Waals surface area contributed by atoms with Crippen molar-refractivity contribution in [2.75, 3.05) is 18.8 Å². The van der Waals surface area contributed by atoms with Crippen LogP contribution in [0.2, 0.25) is 0 Å². The summed E-state index contributed by atoms with van der Waals surface area (Å²) in [4.78, 5) is 13.7. The third-order valence-corrected chi connectivity index (χ3v) is 11.8. The lowest BCUT2D eigenvalue weighted by molar-refractivity contribution is -0.125. The second kappa shape index (κ2) is 12.7. The predicted octanol–water partition coefficient (Wildman–Crippen LogP) is 3.27. The Labute approximate surface area is 239 Å². The highest BCUT2D eigenvalue weighted by molar-refractivity contribution is 7.89. The number of hydrogen-bond acceptors (Lipinski definition) is 6. The molecule has 10 atom stereocenters. The highest BCUT2D eigenvalue weighted by atomic mass is 32.2. The van der Waals surface area contributed by atoms with E-state index in [0.29, 0.717) is 25.4 Å². The molecular weight excluding hydrogens is 531 g/mol. The van der Waals surface area contributed by atoms with Crippen LogP contribution >= 0.6 is 0 Å². The number of nitrogens with one attached hydrogen (secondary N) is 2. The van der Waals surface area contributed by atoms with Crippen molar-refractivity contribution < 1.29 is 22.3 Å². The lowest BCUT2D eigenvalue weighted by atomic mass is 9.74. The van der Waals surface area contributed by atoms with Gasteiger partial charge in [0.2, 0.25) is 15.9 Å². The van der Waals surface area contributed by atoms with Crippen LogP contribution in [0.5, 0.6) is 0 Å². The summed E-state index contributed by atoms with van der Waals surface area (Å²) in [5.74, 6) is -0.000997. The number of hydrogen-bond donors (Lipinski definition) is 3. The minimum Gasteiger partial charge on any atom is -0.376 e. The van der Waals surface area contributed by atoms with Crippen LogP contribution in [0.4, 0.5) is 4.39 Å². The van der Waals surface area contributed by atoms with Crippen molar-refractivity contribution in [2.45, 2.75) is 114 Å². The first-order valence-corrected chi connectivity index (χ1v) is 16.9. The first-order chi connectivity index (χ1) is 19.1. The van der Waals surface area contributed by atoms with Crippen molar-refractivity contribution >= 4 is 15.9 Å². The predicted molar refractivity (Wildman–Crippen MR) is 154 cm³/mol. The number of amides is 1. The molecule has 10 heteroatoms. The van der Waals surface area contributed by atoms with E-state index in [0.717, 1.165) is 56.9 Å². The highest BCUT2D eigenvalue weighted by Crippen LogP contribution is 2.39. The van der Waals surface area contributed by atoms with E-state index in [2.05, 4.69) is 24.5 Å². The maximum absolute atomic E-state index is 13.8. The number of rotatable bonds is 8. The van der Waals surface area contributed by atoms with Crippen LogP contribution in [0, 0.1) is 17.7 Å². The summed E-state index contributed by atoms with van der Waals surface area (Å²) in [5, 5.41) is 6.85. The minimum absolute atomic E-state index is 0.0288. The summed E-state index contributed by atoms with van der Waals surface area (Å²) < 4.78 is 47.2. The van der Waals surface area contributed by atoms with Crippen LogP contribution in [0.3, 0.4) is 0 Å². The lowest BCUT2D eigenvalue weighted by Crippen LogP contribution is -2.57. The van der Waals surface area contributed by atoms with Gasteiger partial charge in [0.15, 0.2) is 0 Å². The average Bonchev–Trinajstić information content (AvgIpc) is 3.30. The molecule has 1 saturated carbocycles. The fraction of sp³-hybridized carbons (Fsp3) is 0.767. The van der Waals surface area contributed by atoms with Crippen LogP contribution in [-0.2, 0) is 19.6 Å². The largest absolute Gasteiger partial charge is 0.376 e. The quantitative estimate of drug-likeness (QED) is 0.437. The van der Waals surface area contributed by atoms with Gasteiger partial charge in [-0.15, -0.1) is 0 Å². The molecule has 4 fully saturated rings. The van der Waals surface area contributed by atoms with Gasteiger partial charge in [-0.2, -0.15) is 4.31 Å². The number of piperazine rings is 1. The summed E-state index contributed by atoms with van der Waals surface area (Å²) in [7, 11) is -3.21. The number of halogens is 1. The summed E-state index contributed by atoms with van der Waals surface area (Å²) in [5.41, 5.74) is 7.63. The van der Waals surface area contributed by atoms with Gasteiger partial charge in [0.25, 0.3) is 0 Å². The molecule has 3 aliphatic heterocycles. The van der Waals surface area contributed by atoms with Gasteiger partial charge in [0.1, 0.15) is 5.82 Å². The monoisotopic (exact) mass is 578 g/mol. The van der Waals surface area contributed by atoms with Crippen molar-refractivity contribution in [2.24, 2.45) is 17.6 Å². The SMILES string of the molecule is C[C@@H]1CC([C@H](c2ccc(F)cc2)[C@H](N)C(=O)N[C@H]2CCC[C@@H]2CC[C@H]2CN[C@@H]3CCCS(=O)(=O)N2C3)C[C@H](C)O1. The molecule has 0 aromatic heterocycles. The molecule has 5 rings (SSSR count). The van der Waals surface area contributed by atoms with E-state index >= 15 is 0 Å². The fourth-order valence-electron chi connectivity index (χ4n) is 7.87. The molecule has 1 aromatic rings. The number of carbonyl (C=O) groups is 1.